The van der Waals surface area contributed by atoms with Gasteiger partial charge in [-0.3, -0.25) is 14.4 Å². The highest BCUT2D eigenvalue weighted by atomic mass is 35.5. The minimum atomic E-state index is -1.09. The van der Waals surface area contributed by atoms with E-state index in [1.807, 2.05) is 30.3 Å². The Hall–Kier alpha value is -4.66. The minimum absolute atomic E-state index is 0.0145. The third kappa shape index (κ3) is 22.4. The van der Waals surface area contributed by atoms with Gasteiger partial charge in [-0.2, -0.15) is 0 Å². The summed E-state index contributed by atoms with van der Waals surface area (Å²) in [7, 11) is 0. The van der Waals surface area contributed by atoms with Crippen LogP contribution >= 0.6 is 11.6 Å². The number of carbonyl (C=O) groups excluding carboxylic acids is 3. The van der Waals surface area contributed by atoms with E-state index < -0.39 is 5.60 Å². The van der Waals surface area contributed by atoms with Crippen molar-refractivity contribution in [3.63, 3.8) is 0 Å². The molecule has 0 aliphatic heterocycles. The summed E-state index contributed by atoms with van der Waals surface area (Å²) in [5.74, 6) is 0.138. The van der Waals surface area contributed by atoms with Crippen LogP contribution in [0.5, 0.6) is 5.75 Å². The van der Waals surface area contributed by atoms with E-state index in [0.717, 1.165) is 44.1 Å². The topological polar surface area (TPSA) is 106 Å². The minimum Gasteiger partial charge on any atom is -0.478 e. The number of carbonyl (C=O) groups is 3. The van der Waals surface area contributed by atoms with Crippen molar-refractivity contribution in [3.05, 3.63) is 138 Å². The molecule has 9 heteroatoms. The lowest BCUT2D eigenvalue weighted by atomic mass is 10.1. The second-order valence-corrected chi connectivity index (χ2v) is 13.4. The summed E-state index contributed by atoms with van der Waals surface area (Å²) in [6, 6.07) is 14.2. The maximum atomic E-state index is 12.7. The monoisotopic (exact) mass is 757 g/mol. The number of rotatable bonds is 27. The van der Waals surface area contributed by atoms with Gasteiger partial charge < -0.3 is 25.4 Å². The Bertz CT molecular complexity index is 1540. The summed E-state index contributed by atoms with van der Waals surface area (Å²) in [6.45, 7) is 7.46. The molecule has 0 fully saturated rings. The zero-order valence-corrected chi connectivity index (χ0v) is 33.1. The van der Waals surface area contributed by atoms with E-state index in [1.54, 1.807) is 38.1 Å². The lowest BCUT2D eigenvalue weighted by Gasteiger charge is -2.25. The molecule has 2 aromatic rings. The van der Waals surface area contributed by atoms with Crippen LogP contribution in [-0.4, -0.2) is 56.2 Å². The van der Waals surface area contributed by atoms with Gasteiger partial charge in [0, 0.05) is 36.6 Å². The molecule has 0 radical (unpaired) electrons. The summed E-state index contributed by atoms with van der Waals surface area (Å²) in [5.41, 5.74) is 0.493. The summed E-state index contributed by atoms with van der Waals surface area (Å²) in [4.78, 5) is 37.1. The zero-order chi connectivity index (χ0) is 39.1. The third-order valence-corrected chi connectivity index (χ3v) is 8.14. The van der Waals surface area contributed by atoms with E-state index in [2.05, 4.69) is 89.7 Å². The molecule has 2 rings (SSSR count). The molecule has 8 nitrogen and oxygen atoms in total. The largest absolute Gasteiger partial charge is 0.478 e. The van der Waals surface area contributed by atoms with Gasteiger partial charge in [0.15, 0.2) is 5.60 Å². The first-order valence-corrected chi connectivity index (χ1v) is 19.4. The van der Waals surface area contributed by atoms with E-state index in [9.17, 15) is 14.4 Å². The second kappa shape index (κ2) is 28.8. The van der Waals surface area contributed by atoms with Crippen LogP contribution in [0, 0.1) is 0 Å². The molecule has 54 heavy (non-hydrogen) atoms. The molecule has 0 aromatic heterocycles. The van der Waals surface area contributed by atoms with Gasteiger partial charge >= 0.3 is 0 Å². The van der Waals surface area contributed by atoms with E-state index in [1.165, 1.54) is 0 Å². The van der Waals surface area contributed by atoms with Crippen molar-refractivity contribution in [2.75, 3.05) is 32.8 Å². The van der Waals surface area contributed by atoms with Crippen LogP contribution in [0.4, 0.5) is 0 Å². The first-order chi connectivity index (χ1) is 26.2. The molecule has 0 unspecified atom stereocenters. The van der Waals surface area contributed by atoms with Crippen LogP contribution in [0.1, 0.15) is 88.1 Å². The second-order valence-electron chi connectivity index (χ2n) is 12.9. The van der Waals surface area contributed by atoms with Gasteiger partial charge in [0.05, 0.1) is 13.2 Å². The van der Waals surface area contributed by atoms with Crippen molar-refractivity contribution >= 4 is 29.3 Å². The molecule has 0 atom stereocenters. The fourth-order valence-electron chi connectivity index (χ4n) is 4.85. The number of ether oxygens (including phenoxy) is 2. The quantitative estimate of drug-likeness (QED) is 0.0623. The molecule has 0 aliphatic carbocycles. The molecule has 292 valence electrons. The Kier molecular flexibility index (Phi) is 24.3. The molecule has 0 saturated carbocycles. The maximum absolute atomic E-state index is 12.7. The number of nitrogens with one attached hydrogen (secondary N) is 3. The van der Waals surface area contributed by atoms with Gasteiger partial charge in [-0.05, 0) is 107 Å². The fourth-order valence-corrected chi connectivity index (χ4v) is 4.97. The van der Waals surface area contributed by atoms with E-state index in [4.69, 9.17) is 21.1 Å². The van der Waals surface area contributed by atoms with Crippen molar-refractivity contribution in [2.45, 2.75) is 84.2 Å². The van der Waals surface area contributed by atoms with Crippen molar-refractivity contribution < 1.29 is 23.9 Å². The highest BCUT2D eigenvalue weighted by Gasteiger charge is 2.29. The van der Waals surface area contributed by atoms with Gasteiger partial charge in [-0.25, -0.2) is 0 Å². The van der Waals surface area contributed by atoms with Gasteiger partial charge in [-0.1, -0.05) is 104 Å². The van der Waals surface area contributed by atoms with Gasteiger partial charge in [0.2, 0.25) is 5.91 Å². The molecule has 0 saturated heterocycles. The average Bonchev–Trinajstić information content (AvgIpc) is 3.16. The Morgan fingerprint density at radius 1 is 0.648 bits per heavy atom. The predicted molar refractivity (Wildman–Crippen MR) is 223 cm³/mol. The fraction of sp³-hybridized carbons (Fsp3) is 0.400. The Balaban J connectivity index is 1.46. The van der Waals surface area contributed by atoms with E-state index in [-0.39, 0.29) is 17.7 Å². The molecule has 2 aromatic carbocycles. The van der Waals surface area contributed by atoms with Crippen LogP contribution in [-0.2, 0) is 20.7 Å². The number of hydrogen-bond acceptors (Lipinski definition) is 5. The number of allylic oxidation sites excluding steroid dienone is 12. The Labute approximate surface area is 328 Å². The highest BCUT2D eigenvalue weighted by Crippen LogP contribution is 2.19. The molecule has 0 aliphatic rings. The number of benzene rings is 2. The molecular weight excluding hydrogens is 698 g/mol. The molecule has 3 amide bonds. The standard InChI is InChI=1S/C45H60ClN3O5/c1-4-5-6-7-8-9-10-11-12-13-14-15-16-17-18-19-20-21-22-23-42(50)47-34-36-53-37-35-49-44(52)45(2,3)54-41-30-24-38(25-31-41)32-33-48-43(51)39-26-28-40(46)29-27-39/h5-6,8-9,11-12,14-15,17-18,20-21,24-31H,4,7,10,13,16,19,22-23,32-37H2,1-3H3,(H,47,50)(H,48,51)(H,49,52). The van der Waals surface area contributed by atoms with Crippen molar-refractivity contribution in [3.8, 4) is 5.75 Å². The van der Waals surface area contributed by atoms with Gasteiger partial charge in [0.25, 0.3) is 11.8 Å². The molecule has 3 N–H and O–H groups in total. The van der Waals surface area contributed by atoms with Gasteiger partial charge in [-0.15, -0.1) is 0 Å². The first kappa shape index (κ1) is 45.5. The van der Waals surface area contributed by atoms with Crippen LogP contribution in [0.2, 0.25) is 5.02 Å². The molecular formula is C45H60ClN3O5. The molecule has 0 spiro atoms. The van der Waals surface area contributed by atoms with Crippen molar-refractivity contribution in [1.29, 1.82) is 0 Å². The van der Waals surface area contributed by atoms with Crippen LogP contribution in [0.15, 0.2) is 121 Å². The summed E-state index contributed by atoms with van der Waals surface area (Å²) >= 11 is 5.88. The van der Waals surface area contributed by atoms with E-state index in [0.29, 0.717) is 68.4 Å². The number of amides is 3. The normalized spacial score (nSPS) is 12.2. The summed E-state index contributed by atoms with van der Waals surface area (Å²) in [5, 5.41) is 9.19. The lowest BCUT2D eigenvalue weighted by Crippen LogP contribution is -2.47. The van der Waals surface area contributed by atoms with Crippen LogP contribution in [0.3, 0.4) is 0 Å². The Morgan fingerprint density at radius 2 is 1.17 bits per heavy atom. The van der Waals surface area contributed by atoms with Crippen LogP contribution < -0.4 is 20.7 Å². The van der Waals surface area contributed by atoms with Crippen LogP contribution in [0.25, 0.3) is 0 Å². The highest BCUT2D eigenvalue weighted by molar-refractivity contribution is 6.30. The van der Waals surface area contributed by atoms with Gasteiger partial charge in [0.1, 0.15) is 5.75 Å². The summed E-state index contributed by atoms with van der Waals surface area (Å²) in [6.07, 6.45) is 33.5. The first-order valence-electron chi connectivity index (χ1n) is 19.1. The molecule has 0 heterocycles. The predicted octanol–water partition coefficient (Wildman–Crippen LogP) is 9.20. The summed E-state index contributed by atoms with van der Waals surface area (Å²) < 4.78 is 11.5. The van der Waals surface area contributed by atoms with E-state index >= 15 is 0 Å². The smallest absolute Gasteiger partial charge is 0.263 e. The lowest BCUT2D eigenvalue weighted by molar-refractivity contribution is -0.134. The molecule has 0 bridgehead atoms. The number of halogens is 1. The average molecular weight is 758 g/mol. The number of hydrogen-bond donors (Lipinski definition) is 3. The maximum Gasteiger partial charge on any atom is 0.263 e. The van der Waals surface area contributed by atoms with Crippen molar-refractivity contribution in [2.24, 2.45) is 0 Å². The zero-order valence-electron chi connectivity index (χ0n) is 32.4. The third-order valence-electron chi connectivity index (χ3n) is 7.88. The van der Waals surface area contributed by atoms with Crippen molar-refractivity contribution in [1.82, 2.24) is 16.0 Å². The Morgan fingerprint density at radius 3 is 1.72 bits per heavy atom. The SMILES string of the molecule is CCC=CCC=CCC=CCC=CCC=CCC=CCCC(=O)NCCOCCNC(=O)C(C)(C)Oc1ccc(CCNC(=O)c2ccc(Cl)cc2)cc1.